The lowest BCUT2D eigenvalue weighted by molar-refractivity contribution is -0.149. The van der Waals surface area contributed by atoms with Crippen LogP contribution in [0.1, 0.15) is 37.7 Å². The van der Waals surface area contributed by atoms with E-state index in [0.29, 0.717) is 36.6 Å². The fraction of sp³-hybridized carbons (Fsp3) is 0.310. The Morgan fingerprint density at radius 2 is 1.68 bits per heavy atom. The zero-order valence-electron chi connectivity index (χ0n) is 21.0. The molecule has 0 bridgehead atoms. The smallest absolute Gasteiger partial charge is 0.250 e. The summed E-state index contributed by atoms with van der Waals surface area (Å²) in [5, 5.41) is 11.5. The van der Waals surface area contributed by atoms with Crippen LogP contribution < -0.4 is 14.8 Å². The number of nitrogens with zero attached hydrogens (tertiary/aromatic N) is 4. The summed E-state index contributed by atoms with van der Waals surface area (Å²) < 4.78 is 12.5. The summed E-state index contributed by atoms with van der Waals surface area (Å²) in [4.78, 5) is 30.0. The number of para-hydroxylation sites is 1. The largest absolute Gasteiger partial charge is 0.454 e. The second-order valence-corrected chi connectivity index (χ2v) is 9.82. The van der Waals surface area contributed by atoms with Gasteiger partial charge in [-0.2, -0.15) is 0 Å². The summed E-state index contributed by atoms with van der Waals surface area (Å²) in [7, 11) is 0. The van der Waals surface area contributed by atoms with Gasteiger partial charge in [-0.1, -0.05) is 66.9 Å². The third-order valence-corrected chi connectivity index (χ3v) is 7.44. The summed E-state index contributed by atoms with van der Waals surface area (Å²) in [6, 6.07) is 22.7. The summed E-state index contributed by atoms with van der Waals surface area (Å²) in [6.07, 6.45) is 3.92. The molecule has 1 aromatic heterocycles. The quantitative estimate of drug-likeness (QED) is 0.392. The number of nitrogens with one attached hydrogen (secondary N) is 1. The predicted molar refractivity (Wildman–Crippen MR) is 142 cm³/mol. The maximum Gasteiger partial charge on any atom is 0.250 e. The minimum Gasteiger partial charge on any atom is -0.454 e. The van der Waals surface area contributed by atoms with Gasteiger partial charge in [-0.05, 0) is 42.7 Å². The van der Waals surface area contributed by atoms with Crippen molar-refractivity contribution >= 4 is 28.5 Å². The van der Waals surface area contributed by atoms with Gasteiger partial charge in [0.25, 0.3) is 0 Å². The molecular formula is C29H29N5O4. The fourth-order valence-corrected chi connectivity index (χ4v) is 5.47. The molecule has 2 amide bonds. The normalized spacial score (nSPS) is 15.8. The molecule has 9 heteroatoms. The van der Waals surface area contributed by atoms with Crippen molar-refractivity contribution in [2.24, 2.45) is 0 Å². The Bertz CT molecular complexity index is 1460. The van der Waals surface area contributed by atoms with Crippen LogP contribution in [0.15, 0.2) is 72.8 Å². The number of amides is 2. The van der Waals surface area contributed by atoms with Gasteiger partial charge in [0.2, 0.25) is 18.6 Å². The van der Waals surface area contributed by atoms with Crippen molar-refractivity contribution in [3.8, 4) is 11.5 Å². The van der Waals surface area contributed by atoms with Gasteiger partial charge in [-0.25, -0.2) is 4.68 Å². The Kier molecular flexibility index (Phi) is 6.41. The van der Waals surface area contributed by atoms with E-state index in [4.69, 9.17) is 9.47 Å². The monoisotopic (exact) mass is 511 g/mol. The molecule has 1 aliphatic carbocycles. The predicted octanol–water partition coefficient (Wildman–Crippen LogP) is 4.53. The van der Waals surface area contributed by atoms with E-state index in [0.717, 1.165) is 35.9 Å². The van der Waals surface area contributed by atoms with Gasteiger partial charge >= 0.3 is 0 Å². The molecular weight excluding hydrogens is 482 g/mol. The molecule has 3 aromatic carbocycles. The van der Waals surface area contributed by atoms with Crippen molar-refractivity contribution in [3.05, 3.63) is 78.4 Å². The third-order valence-electron chi connectivity index (χ3n) is 7.44. The molecule has 0 atom stereocenters. The lowest BCUT2D eigenvalue weighted by Gasteiger charge is -2.45. The van der Waals surface area contributed by atoms with Gasteiger partial charge in [0.15, 0.2) is 11.5 Å². The third kappa shape index (κ3) is 4.55. The number of benzene rings is 3. The number of hydrogen-bond donors (Lipinski definition) is 1. The second kappa shape index (κ2) is 10.2. The molecule has 2 aliphatic rings. The van der Waals surface area contributed by atoms with Crippen LogP contribution in [0, 0.1) is 0 Å². The Morgan fingerprint density at radius 1 is 0.921 bits per heavy atom. The zero-order chi connectivity index (χ0) is 26.0. The summed E-state index contributed by atoms with van der Waals surface area (Å²) in [6.45, 7) is 0.472. The number of hydrogen-bond acceptors (Lipinski definition) is 6. The molecule has 1 saturated carbocycles. The second-order valence-electron chi connectivity index (χ2n) is 9.82. The fourth-order valence-electron chi connectivity index (χ4n) is 5.47. The molecule has 194 valence electrons. The van der Waals surface area contributed by atoms with Gasteiger partial charge in [0, 0.05) is 18.3 Å². The van der Waals surface area contributed by atoms with Crippen LogP contribution >= 0.6 is 0 Å². The molecule has 0 spiro atoms. The molecule has 1 aliphatic heterocycles. The highest BCUT2D eigenvalue weighted by Gasteiger charge is 2.47. The average molecular weight is 512 g/mol. The zero-order valence-corrected chi connectivity index (χ0v) is 21.0. The number of anilines is 1. The first kappa shape index (κ1) is 24.0. The van der Waals surface area contributed by atoms with Gasteiger partial charge in [0.1, 0.15) is 17.6 Å². The molecule has 4 aromatic rings. The molecule has 0 saturated heterocycles. The topological polar surface area (TPSA) is 98.6 Å². The lowest BCUT2D eigenvalue weighted by Crippen LogP contribution is -2.60. The van der Waals surface area contributed by atoms with Crippen molar-refractivity contribution in [1.82, 2.24) is 19.9 Å². The van der Waals surface area contributed by atoms with E-state index in [2.05, 4.69) is 15.6 Å². The SMILES string of the molecule is O=C(Cn1nnc2ccccc21)N(Cc1ccccc1)C1(C(=O)Nc2ccc3c(c2)OCO3)CCCCC1. The van der Waals surface area contributed by atoms with E-state index in [1.54, 1.807) is 27.8 Å². The number of ether oxygens (including phenoxy) is 2. The number of aromatic nitrogens is 3. The molecule has 1 N–H and O–H groups in total. The van der Waals surface area contributed by atoms with Crippen LogP contribution in [0.4, 0.5) is 5.69 Å². The molecule has 9 nitrogen and oxygen atoms in total. The van der Waals surface area contributed by atoms with E-state index in [9.17, 15) is 9.59 Å². The summed E-state index contributed by atoms with van der Waals surface area (Å²) >= 11 is 0. The first-order valence-corrected chi connectivity index (χ1v) is 13.0. The van der Waals surface area contributed by atoms with E-state index < -0.39 is 5.54 Å². The Morgan fingerprint density at radius 3 is 2.53 bits per heavy atom. The van der Waals surface area contributed by atoms with E-state index in [1.807, 2.05) is 54.6 Å². The molecule has 0 radical (unpaired) electrons. The molecule has 38 heavy (non-hydrogen) atoms. The van der Waals surface area contributed by atoms with Crippen LogP contribution in [0.3, 0.4) is 0 Å². The van der Waals surface area contributed by atoms with Gasteiger partial charge in [-0.15, -0.1) is 5.10 Å². The lowest BCUT2D eigenvalue weighted by atomic mass is 9.78. The molecule has 1 fully saturated rings. The minimum absolute atomic E-state index is 0.00754. The van der Waals surface area contributed by atoms with Crippen molar-refractivity contribution < 1.29 is 19.1 Å². The van der Waals surface area contributed by atoms with Crippen molar-refractivity contribution in [2.75, 3.05) is 12.1 Å². The van der Waals surface area contributed by atoms with Crippen molar-refractivity contribution in [1.29, 1.82) is 0 Å². The Balaban J connectivity index is 1.35. The summed E-state index contributed by atoms with van der Waals surface area (Å²) in [5.74, 6) is 0.878. The first-order valence-electron chi connectivity index (χ1n) is 13.0. The van der Waals surface area contributed by atoms with E-state index >= 15 is 0 Å². The number of fused-ring (bicyclic) bond motifs is 2. The highest BCUT2D eigenvalue weighted by Crippen LogP contribution is 2.38. The van der Waals surface area contributed by atoms with Crippen LogP contribution in [-0.4, -0.2) is 44.0 Å². The highest BCUT2D eigenvalue weighted by atomic mass is 16.7. The maximum atomic E-state index is 14.1. The molecule has 0 unspecified atom stereocenters. The van der Waals surface area contributed by atoms with Crippen LogP contribution in [-0.2, 0) is 22.7 Å². The first-order chi connectivity index (χ1) is 18.6. The Hall–Kier alpha value is -4.40. The van der Waals surface area contributed by atoms with Crippen molar-refractivity contribution in [2.45, 2.75) is 50.7 Å². The van der Waals surface area contributed by atoms with Gasteiger partial charge < -0.3 is 19.7 Å². The Labute approximate surface area is 220 Å². The van der Waals surface area contributed by atoms with Gasteiger partial charge in [0.05, 0.1) is 5.52 Å². The van der Waals surface area contributed by atoms with Crippen LogP contribution in [0.2, 0.25) is 0 Å². The number of rotatable bonds is 7. The maximum absolute atomic E-state index is 14.1. The highest BCUT2D eigenvalue weighted by molar-refractivity contribution is 6.01. The van der Waals surface area contributed by atoms with Crippen LogP contribution in [0.25, 0.3) is 11.0 Å². The average Bonchev–Trinajstić information content (AvgIpc) is 3.59. The standard InChI is InChI=1S/C29H29N5O4/c35-27(19-34-24-12-6-5-11-23(24)31-32-34)33(18-21-9-3-1-4-10-21)29(15-7-2-8-16-29)28(36)30-22-13-14-25-26(17-22)38-20-37-25/h1,3-6,9-14,17H,2,7-8,15-16,18-20H2,(H,30,36). The number of carbonyl (C=O) groups excluding carboxylic acids is 2. The van der Waals surface area contributed by atoms with Crippen molar-refractivity contribution in [3.63, 3.8) is 0 Å². The minimum atomic E-state index is -1.00. The van der Waals surface area contributed by atoms with E-state index in [1.165, 1.54) is 0 Å². The number of carbonyl (C=O) groups is 2. The molecule has 2 heterocycles. The summed E-state index contributed by atoms with van der Waals surface area (Å²) in [5.41, 5.74) is 2.08. The molecule has 6 rings (SSSR count). The van der Waals surface area contributed by atoms with Crippen LogP contribution in [0.5, 0.6) is 11.5 Å². The van der Waals surface area contributed by atoms with E-state index in [-0.39, 0.29) is 25.2 Å². The van der Waals surface area contributed by atoms with Gasteiger partial charge in [-0.3, -0.25) is 9.59 Å².